The average Bonchev–Trinajstić information content (AvgIpc) is 2.72. The molecule has 1 aliphatic rings. The Hall–Kier alpha value is -3.49. The van der Waals surface area contributed by atoms with E-state index in [4.69, 9.17) is 4.74 Å². The Morgan fingerprint density at radius 3 is 2.48 bits per heavy atom. The Balaban J connectivity index is 1.46. The van der Waals surface area contributed by atoms with Gasteiger partial charge < -0.3 is 15.0 Å². The normalized spacial score (nSPS) is 14.3. The number of carbonyl (C=O) groups is 2. The molecule has 0 aliphatic carbocycles. The number of benzene rings is 2. The SMILES string of the molecule is O=C(Nc1ccccc1)C1CCN(C(=O)COc2ccc([N+](=O)[O-])c(F)c2)CC1. The number of nitro groups is 1. The third-order valence-electron chi connectivity index (χ3n) is 4.74. The van der Waals surface area contributed by atoms with E-state index in [0.717, 1.165) is 17.8 Å². The van der Waals surface area contributed by atoms with Crippen LogP contribution in [0.25, 0.3) is 0 Å². The second-order valence-corrected chi connectivity index (χ2v) is 6.67. The number of amides is 2. The number of nitrogens with one attached hydrogen (secondary N) is 1. The van der Waals surface area contributed by atoms with Gasteiger partial charge in [0, 0.05) is 36.8 Å². The first-order valence-corrected chi connectivity index (χ1v) is 9.14. The summed E-state index contributed by atoms with van der Waals surface area (Å²) in [7, 11) is 0. The molecule has 1 N–H and O–H groups in total. The molecule has 1 fully saturated rings. The summed E-state index contributed by atoms with van der Waals surface area (Å²) in [5.74, 6) is -1.51. The number of nitrogens with zero attached hydrogens (tertiary/aromatic N) is 2. The predicted molar refractivity (Wildman–Crippen MR) is 103 cm³/mol. The van der Waals surface area contributed by atoms with Crippen LogP contribution in [0.4, 0.5) is 15.8 Å². The van der Waals surface area contributed by atoms with Crippen LogP contribution in [0.1, 0.15) is 12.8 Å². The van der Waals surface area contributed by atoms with Gasteiger partial charge in [-0.3, -0.25) is 19.7 Å². The van der Waals surface area contributed by atoms with Crippen molar-refractivity contribution in [1.82, 2.24) is 4.90 Å². The number of ether oxygens (including phenoxy) is 1. The van der Waals surface area contributed by atoms with Gasteiger partial charge in [0.25, 0.3) is 5.91 Å². The van der Waals surface area contributed by atoms with Crippen LogP contribution in [0.5, 0.6) is 5.75 Å². The lowest BCUT2D eigenvalue weighted by Gasteiger charge is -2.31. The molecule has 8 nitrogen and oxygen atoms in total. The minimum absolute atomic E-state index is 0.0403. The fourth-order valence-electron chi connectivity index (χ4n) is 3.12. The van der Waals surface area contributed by atoms with Crippen LogP contribution in [-0.2, 0) is 9.59 Å². The van der Waals surface area contributed by atoms with E-state index >= 15 is 0 Å². The Morgan fingerprint density at radius 1 is 1.17 bits per heavy atom. The first kappa shape index (κ1) is 20.2. The van der Waals surface area contributed by atoms with Crippen molar-refractivity contribution in [3.63, 3.8) is 0 Å². The lowest BCUT2D eigenvalue weighted by Crippen LogP contribution is -2.43. The molecule has 0 atom stereocenters. The number of hydrogen-bond acceptors (Lipinski definition) is 5. The highest BCUT2D eigenvalue weighted by molar-refractivity contribution is 5.92. The summed E-state index contributed by atoms with van der Waals surface area (Å²) in [5.41, 5.74) is 0.0827. The minimum Gasteiger partial charge on any atom is -0.484 e. The van der Waals surface area contributed by atoms with Crippen LogP contribution in [-0.4, -0.2) is 41.3 Å². The standard InChI is InChI=1S/C20H20FN3O5/c21-17-12-16(6-7-18(17)24(27)28)29-13-19(25)23-10-8-14(9-11-23)20(26)22-15-4-2-1-3-5-15/h1-7,12,14H,8-11,13H2,(H,22,26). The number of rotatable bonds is 6. The van der Waals surface area contributed by atoms with Crippen molar-refractivity contribution in [2.75, 3.05) is 25.0 Å². The van der Waals surface area contributed by atoms with Gasteiger partial charge >= 0.3 is 5.69 Å². The number of para-hydroxylation sites is 1. The van der Waals surface area contributed by atoms with E-state index in [2.05, 4.69) is 5.32 Å². The van der Waals surface area contributed by atoms with Gasteiger partial charge in [-0.2, -0.15) is 4.39 Å². The summed E-state index contributed by atoms with van der Waals surface area (Å²) >= 11 is 0. The van der Waals surface area contributed by atoms with E-state index in [1.54, 1.807) is 4.90 Å². The number of nitro benzene ring substituents is 1. The smallest absolute Gasteiger partial charge is 0.305 e. The molecule has 2 amide bonds. The monoisotopic (exact) mass is 401 g/mol. The zero-order valence-corrected chi connectivity index (χ0v) is 15.5. The lowest BCUT2D eigenvalue weighted by molar-refractivity contribution is -0.387. The Labute approximate surface area is 166 Å². The molecule has 0 unspecified atom stereocenters. The maximum absolute atomic E-state index is 13.6. The molecule has 152 valence electrons. The molecular weight excluding hydrogens is 381 g/mol. The third kappa shape index (κ3) is 5.28. The van der Waals surface area contributed by atoms with Crippen molar-refractivity contribution in [2.24, 2.45) is 5.92 Å². The van der Waals surface area contributed by atoms with E-state index < -0.39 is 16.4 Å². The van der Waals surface area contributed by atoms with E-state index in [1.807, 2.05) is 30.3 Å². The van der Waals surface area contributed by atoms with Gasteiger partial charge in [-0.1, -0.05) is 18.2 Å². The highest BCUT2D eigenvalue weighted by Crippen LogP contribution is 2.23. The van der Waals surface area contributed by atoms with E-state index in [1.165, 1.54) is 6.07 Å². The molecule has 0 aromatic heterocycles. The minimum atomic E-state index is -1.02. The van der Waals surface area contributed by atoms with Crippen molar-refractivity contribution in [3.05, 3.63) is 64.5 Å². The second kappa shape index (κ2) is 9.13. The Kier molecular flexibility index (Phi) is 6.38. The topological polar surface area (TPSA) is 102 Å². The molecule has 1 saturated heterocycles. The summed E-state index contributed by atoms with van der Waals surface area (Å²) in [5, 5.41) is 13.5. The first-order valence-electron chi connectivity index (χ1n) is 9.14. The maximum Gasteiger partial charge on any atom is 0.305 e. The van der Waals surface area contributed by atoms with Gasteiger partial charge in [0.15, 0.2) is 6.61 Å². The first-order chi connectivity index (χ1) is 13.9. The van der Waals surface area contributed by atoms with Gasteiger partial charge in [0.05, 0.1) is 4.92 Å². The summed E-state index contributed by atoms with van der Waals surface area (Å²) < 4.78 is 18.9. The van der Waals surface area contributed by atoms with Crippen molar-refractivity contribution < 1.29 is 23.6 Å². The van der Waals surface area contributed by atoms with Gasteiger partial charge in [-0.25, -0.2) is 0 Å². The molecule has 0 spiro atoms. The van der Waals surface area contributed by atoms with Gasteiger partial charge in [0.2, 0.25) is 11.7 Å². The quantitative estimate of drug-likeness (QED) is 0.592. The largest absolute Gasteiger partial charge is 0.484 e. The van der Waals surface area contributed by atoms with Crippen molar-refractivity contribution >= 4 is 23.2 Å². The number of halogens is 1. The molecule has 3 rings (SSSR count). The zero-order valence-electron chi connectivity index (χ0n) is 15.5. The van der Waals surface area contributed by atoms with Crippen LogP contribution in [0.3, 0.4) is 0 Å². The Morgan fingerprint density at radius 2 is 1.86 bits per heavy atom. The molecule has 9 heteroatoms. The molecule has 2 aromatic rings. The lowest BCUT2D eigenvalue weighted by atomic mass is 9.95. The molecule has 2 aromatic carbocycles. The molecule has 29 heavy (non-hydrogen) atoms. The second-order valence-electron chi connectivity index (χ2n) is 6.67. The Bertz CT molecular complexity index is 898. The van der Waals surface area contributed by atoms with E-state index in [0.29, 0.717) is 25.9 Å². The van der Waals surface area contributed by atoms with Gasteiger partial charge in [-0.05, 0) is 31.0 Å². The fraction of sp³-hybridized carbons (Fsp3) is 0.300. The molecular formula is C20H20FN3O5. The highest BCUT2D eigenvalue weighted by atomic mass is 19.1. The zero-order chi connectivity index (χ0) is 20.8. The summed E-state index contributed by atoms with van der Waals surface area (Å²) in [6, 6.07) is 12.3. The van der Waals surface area contributed by atoms with Gasteiger partial charge in [-0.15, -0.1) is 0 Å². The molecule has 0 saturated carbocycles. The molecule has 0 radical (unpaired) electrons. The molecule has 1 heterocycles. The van der Waals surface area contributed by atoms with Crippen LogP contribution in [0, 0.1) is 21.8 Å². The number of hydrogen-bond donors (Lipinski definition) is 1. The number of carbonyl (C=O) groups excluding carboxylic acids is 2. The number of anilines is 1. The number of likely N-dealkylation sites (tertiary alicyclic amines) is 1. The average molecular weight is 401 g/mol. The van der Waals surface area contributed by atoms with Crippen LogP contribution in [0.15, 0.2) is 48.5 Å². The summed E-state index contributed by atoms with van der Waals surface area (Å²) in [6.45, 7) is 0.533. The van der Waals surface area contributed by atoms with Crippen LogP contribution >= 0.6 is 0 Å². The van der Waals surface area contributed by atoms with Crippen LogP contribution < -0.4 is 10.1 Å². The maximum atomic E-state index is 13.6. The van der Waals surface area contributed by atoms with Crippen molar-refractivity contribution in [3.8, 4) is 5.75 Å². The van der Waals surface area contributed by atoms with E-state index in [9.17, 15) is 24.1 Å². The van der Waals surface area contributed by atoms with E-state index in [-0.39, 0.29) is 30.1 Å². The number of piperidine rings is 1. The molecule has 0 bridgehead atoms. The van der Waals surface area contributed by atoms with Crippen molar-refractivity contribution in [2.45, 2.75) is 12.8 Å². The summed E-state index contributed by atoms with van der Waals surface area (Å²) in [6.07, 6.45) is 1.08. The fourth-order valence-corrected chi connectivity index (χ4v) is 3.12. The highest BCUT2D eigenvalue weighted by Gasteiger charge is 2.27. The van der Waals surface area contributed by atoms with Gasteiger partial charge in [0.1, 0.15) is 5.75 Å². The molecule has 1 aliphatic heterocycles. The predicted octanol–water partition coefficient (Wildman–Crippen LogP) is 2.99. The summed E-state index contributed by atoms with van der Waals surface area (Å²) in [4.78, 5) is 36.0. The third-order valence-corrected chi connectivity index (χ3v) is 4.74. The van der Waals surface area contributed by atoms with Crippen molar-refractivity contribution in [1.29, 1.82) is 0 Å². The van der Waals surface area contributed by atoms with Crippen LogP contribution in [0.2, 0.25) is 0 Å².